The van der Waals surface area contributed by atoms with Gasteiger partial charge in [-0.3, -0.25) is 0 Å². The van der Waals surface area contributed by atoms with Gasteiger partial charge in [-0.1, -0.05) is 45.8 Å². The lowest BCUT2D eigenvalue weighted by atomic mass is 9.72. The van der Waals surface area contributed by atoms with Gasteiger partial charge in [-0.2, -0.15) is 0 Å². The zero-order valence-corrected chi connectivity index (χ0v) is 15.4. The van der Waals surface area contributed by atoms with Crippen molar-refractivity contribution in [2.75, 3.05) is 6.61 Å². The summed E-state index contributed by atoms with van der Waals surface area (Å²) in [6.07, 6.45) is 16.5. The Kier molecular flexibility index (Phi) is 7.47. The summed E-state index contributed by atoms with van der Waals surface area (Å²) >= 11 is 0. The Morgan fingerprint density at radius 1 is 0.909 bits per heavy atom. The molecule has 0 amide bonds. The van der Waals surface area contributed by atoms with E-state index in [9.17, 15) is 0 Å². The molecule has 1 nitrogen and oxygen atoms in total. The summed E-state index contributed by atoms with van der Waals surface area (Å²) in [5, 5.41) is 0. The van der Waals surface area contributed by atoms with E-state index in [2.05, 4.69) is 39.8 Å². The fourth-order valence-corrected chi connectivity index (χ4v) is 4.08. The molecule has 0 radical (unpaired) electrons. The standard InChI is InChI=1S/C21H38O/c1-16(2)5-8-18(4)22-15-19-9-13-21(14-10-19)20-11-6-17(3)7-12-20/h9,13,16-21H,5-8,10-12,14-15H2,1-4H3. The molecule has 22 heavy (non-hydrogen) atoms. The quantitative estimate of drug-likeness (QED) is 0.506. The third-order valence-corrected chi connectivity index (χ3v) is 5.91. The maximum Gasteiger partial charge on any atom is 0.0547 e. The van der Waals surface area contributed by atoms with Crippen LogP contribution < -0.4 is 0 Å². The summed E-state index contributed by atoms with van der Waals surface area (Å²) in [4.78, 5) is 0. The van der Waals surface area contributed by atoms with Crippen molar-refractivity contribution < 1.29 is 4.74 Å². The first-order valence-electron chi connectivity index (χ1n) is 9.84. The Hall–Kier alpha value is -0.300. The van der Waals surface area contributed by atoms with Crippen LogP contribution in [0.1, 0.15) is 79.1 Å². The summed E-state index contributed by atoms with van der Waals surface area (Å²) < 4.78 is 6.08. The third kappa shape index (κ3) is 6.07. The van der Waals surface area contributed by atoms with E-state index in [4.69, 9.17) is 4.74 Å². The van der Waals surface area contributed by atoms with Crippen LogP contribution in [0.3, 0.4) is 0 Å². The highest BCUT2D eigenvalue weighted by molar-refractivity contribution is 5.00. The van der Waals surface area contributed by atoms with Crippen LogP contribution in [-0.2, 0) is 4.74 Å². The zero-order chi connectivity index (χ0) is 15.9. The Morgan fingerprint density at radius 3 is 2.23 bits per heavy atom. The van der Waals surface area contributed by atoms with Gasteiger partial charge in [0, 0.05) is 5.92 Å². The van der Waals surface area contributed by atoms with Crippen molar-refractivity contribution in [3.8, 4) is 0 Å². The van der Waals surface area contributed by atoms with Gasteiger partial charge >= 0.3 is 0 Å². The molecule has 1 saturated carbocycles. The molecule has 0 aliphatic heterocycles. The van der Waals surface area contributed by atoms with E-state index in [1.165, 1.54) is 51.4 Å². The molecule has 2 rings (SSSR count). The average Bonchev–Trinajstić information content (AvgIpc) is 2.52. The molecule has 0 bridgehead atoms. The molecule has 0 aromatic rings. The summed E-state index contributed by atoms with van der Waals surface area (Å²) in [6, 6.07) is 0. The first-order chi connectivity index (χ1) is 10.5. The van der Waals surface area contributed by atoms with Crippen LogP contribution >= 0.6 is 0 Å². The number of allylic oxidation sites excluding steroid dienone is 1. The van der Waals surface area contributed by atoms with E-state index in [-0.39, 0.29) is 0 Å². The van der Waals surface area contributed by atoms with E-state index in [0.29, 0.717) is 12.0 Å². The van der Waals surface area contributed by atoms with Gasteiger partial charge in [-0.25, -0.2) is 0 Å². The van der Waals surface area contributed by atoms with Gasteiger partial charge in [-0.15, -0.1) is 0 Å². The zero-order valence-electron chi connectivity index (χ0n) is 15.4. The van der Waals surface area contributed by atoms with Crippen LogP contribution in [0.2, 0.25) is 0 Å². The highest BCUT2D eigenvalue weighted by Gasteiger charge is 2.27. The smallest absolute Gasteiger partial charge is 0.0547 e. The second-order valence-corrected chi connectivity index (χ2v) is 8.52. The molecule has 3 unspecified atom stereocenters. The topological polar surface area (TPSA) is 9.23 Å². The Morgan fingerprint density at radius 2 is 1.64 bits per heavy atom. The molecule has 0 heterocycles. The van der Waals surface area contributed by atoms with Gasteiger partial charge in [0.25, 0.3) is 0 Å². The minimum atomic E-state index is 0.424. The minimum Gasteiger partial charge on any atom is -0.378 e. The van der Waals surface area contributed by atoms with Crippen molar-refractivity contribution in [1.29, 1.82) is 0 Å². The lowest BCUT2D eigenvalue weighted by Gasteiger charge is -2.34. The summed E-state index contributed by atoms with van der Waals surface area (Å²) in [5.74, 6) is 4.26. The molecule has 0 aromatic heterocycles. The minimum absolute atomic E-state index is 0.424. The number of hydrogen-bond acceptors (Lipinski definition) is 1. The van der Waals surface area contributed by atoms with Crippen molar-refractivity contribution in [3.63, 3.8) is 0 Å². The van der Waals surface area contributed by atoms with Crippen LogP contribution in [0.4, 0.5) is 0 Å². The summed E-state index contributed by atoms with van der Waals surface area (Å²) in [6.45, 7) is 10.2. The lowest BCUT2D eigenvalue weighted by Crippen LogP contribution is -2.24. The van der Waals surface area contributed by atoms with Crippen LogP contribution in [0.5, 0.6) is 0 Å². The molecule has 1 heteroatoms. The normalized spacial score (nSPS) is 34.0. The fraction of sp³-hybridized carbons (Fsp3) is 0.905. The molecule has 0 spiro atoms. The molecular formula is C21H38O. The predicted molar refractivity (Wildman–Crippen MR) is 96.0 cm³/mol. The second-order valence-electron chi connectivity index (χ2n) is 8.52. The lowest BCUT2D eigenvalue weighted by molar-refractivity contribution is 0.0366. The van der Waals surface area contributed by atoms with Gasteiger partial charge in [0.05, 0.1) is 12.7 Å². The van der Waals surface area contributed by atoms with Gasteiger partial charge in [0.2, 0.25) is 0 Å². The second kappa shape index (κ2) is 9.11. The van der Waals surface area contributed by atoms with Gasteiger partial charge in [0.1, 0.15) is 0 Å². The molecular weight excluding hydrogens is 268 g/mol. The van der Waals surface area contributed by atoms with Crippen LogP contribution in [-0.4, -0.2) is 12.7 Å². The first kappa shape index (κ1) is 18.0. The van der Waals surface area contributed by atoms with Crippen molar-refractivity contribution >= 4 is 0 Å². The highest BCUT2D eigenvalue weighted by atomic mass is 16.5. The molecule has 2 aliphatic rings. The van der Waals surface area contributed by atoms with E-state index < -0.39 is 0 Å². The Bertz CT molecular complexity index is 325. The van der Waals surface area contributed by atoms with E-state index in [1.807, 2.05) is 0 Å². The Balaban J connectivity index is 1.66. The van der Waals surface area contributed by atoms with Crippen molar-refractivity contribution in [1.82, 2.24) is 0 Å². The van der Waals surface area contributed by atoms with Crippen LogP contribution in [0.25, 0.3) is 0 Å². The van der Waals surface area contributed by atoms with E-state index in [0.717, 1.165) is 30.3 Å². The van der Waals surface area contributed by atoms with Crippen molar-refractivity contribution in [3.05, 3.63) is 12.2 Å². The van der Waals surface area contributed by atoms with Crippen molar-refractivity contribution in [2.45, 2.75) is 85.2 Å². The van der Waals surface area contributed by atoms with Gasteiger partial charge in [0.15, 0.2) is 0 Å². The maximum absolute atomic E-state index is 6.08. The molecule has 3 atom stereocenters. The molecule has 2 aliphatic carbocycles. The number of ether oxygens (including phenoxy) is 1. The monoisotopic (exact) mass is 306 g/mol. The molecule has 0 aromatic carbocycles. The largest absolute Gasteiger partial charge is 0.378 e. The molecule has 128 valence electrons. The first-order valence-corrected chi connectivity index (χ1v) is 9.84. The number of rotatable bonds is 7. The van der Waals surface area contributed by atoms with Crippen molar-refractivity contribution in [2.24, 2.45) is 29.6 Å². The SMILES string of the molecule is CC(C)CCC(C)OCC1C=CC(C2CCC(C)CC2)CC1. The Labute approximate surface area is 138 Å². The predicted octanol–water partition coefficient (Wildman–Crippen LogP) is 6.24. The van der Waals surface area contributed by atoms with Crippen LogP contribution in [0.15, 0.2) is 12.2 Å². The third-order valence-electron chi connectivity index (χ3n) is 5.91. The fourth-order valence-electron chi connectivity index (χ4n) is 4.08. The van der Waals surface area contributed by atoms with E-state index in [1.54, 1.807) is 0 Å². The highest BCUT2D eigenvalue weighted by Crippen LogP contribution is 2.38. The maximum atomic E-state index is 6.08. The molecule has 0 saturated heterocycles. The summed E-state index contributed by atoms with van der Waals surface area (Å²) in [5.41, 5.74) is 0. The molecule has 1 fully saturated rings. The van der Waals surface area contributed by atoms with Crippen LogP contribution in [0, 0.1) is 29.6 Å². The average molecular weight is 307 g/mol. The molecule has 0 N–H and O–H groups in total. The van der Waals surface area contributed by atoms with Gasteiger partial charge in [-0.05, 0) is 69.1 Å². The number of hydrogen-bond donors (Lipinski definition) is 0. The summed E-state index contributed by atoms with van der Waals surface area (Å²) in [7, 11) is 0. The van der Waals surface area contributed by atoms with E-state index >= 15 is 0 Å². The van der Waals surface area contributed by atoms with Gasteiger partial charge < -0.3 is 4.74 Å².